The van der Waals surface area contributed by atoms with Crippen molar-refractivity contribution in [2.45, 2.75) is 13.8 Å². The Balaban J connectivity index is 1.97. The van der Waals surface area contributed by atoms with Crippen LogP contribution in [0.3, 0.4) is 0 Å². The van der Waals surface area contributed by atoms with Crippen LogP contribution >= 0.6 is 11.3 Å². The first-order chi connectivity index (χ1) is 10.1. The van der Waals surface area contributed by atoms with Gasteiger partial charge in [-0.15, -0.1) is 10.2 Å². The number of amidine groups is 1. The number of aromatic hydroxyl groups is 1. The summed E-state index contributed by atoms with van der Waals surface area (Å²) < 4.78 is 0. The third-order valence-corrected chi connectivity index (χ3v) is 3.79. The normalized spacial score (nSPS) is 16.7. The highest BCUT2D eigenvalue weighted by molar-refractivity contribution is 7.15. The maximum Gasteiger partial charge on any atom is 0.284 e. The van der Waals surface area contributed by atoms with Crippen LogP contribution in [0, 0.1) is 6.92 Å². The van der Waals surface area contributed by atoms with Gasteiger partial charge in [0, 0.05) is 5.56 Å². The highest BCUT2D eigenvalue weighted by atomic mass is 32.1. The fourth-order valence-corrected chi connectivity index (χ4v) is 2.72. The largest absolute Gasteiger partial charge is 0.507 e. The highest BCUT2D eigenvalue weighted by Gasteiger charge is 2.31. The number of phenols is 1. The lowest BCUT2D eigenvalue weighted by molar-refractivity contribution is -0.113. The minimum absolute atomic E-state index is 0.107. The summed E-state index contributed by atoms with van der Waals surface area (Å²) in [4.78, 5) is 18.1. The van der Waals surface area contributed by atoms with E-state index in [0.29, 0.717) is 16.5 Å². The molecule has 2 aromatic rings. The third kappa shape index (κ3) is 2.43. The van der Waals surface area contributed by atoms with Crippen LogP contribution < -0.4 is 4.90 Å². The monoisotopic (exact) mass is 300 g/mol. The van der Waals surface area contributed by atoms with Crippen LogP contribution in [0.15, 0.2) is 35.0 Å². The van der Waals surface area contributed by atoms with Crippen LogP contribution in [0.1, 0.15) is 17.5 Å². The van der Waals surface area contributed by atoms with Crippen LogP contribution in [0.25, 0.3) is 6.08 Å². The van der Waals surface area contributed by atoms with Crippen LogP contribution in [0.5, 0.6) is 5.75 Å². The Morgan fingerprint density at radius 2 is 2.00 bits per heavy atom. The summed E-state index contributed by atoms with van der Waals surface area (Å²) in [5, 5.41) is 18.9. The zero-order valence-corrected chi connectivity index (χ0v) is 12.3. The number of anilines is 1. The van der Waals surface area contributed by atoms with E-state index in [1.165, 1.54) is 16.2 Å². The molecule has 0 atom stereocenters. The summed E-state index contributed by atoms with van der Waals surface area (Å²) in [7, 11) is 0. The van der Waals surface area contributed by atoms with E-state index in [1.807, 2.05) is 6.92 Å². The van der Waals surface area contributed by atoms with Gasteiger partial charge in [0.1, 0.15) is 22.3 Å². The second kappa shape index (κ2) is 5.10. The van der Waals surface area contributed by atoms with Crippen molar-refractivity contribution in [3.05, 3.63) is 40.5 Å². The number of phenolic OH excluding ortho intramolecular Hbond substituents is 1. The highest BCUT2D eigenvalue weighted by Crippen LogP contribution is 2.28. The van der Waals surface area contributed by atoms with Gasteiger partial charge in [-0.1, -0.05) is 29.5 Å². The molecule has 6 nitrogen and oxygen atoms in total. The average Bonchev–Trinajstić information content (AvgIpc) is 2.97. The number of hydrogen-bond donors (Lipinski definition) is 1. The van der Waals surface area contributed by atoms with Crippen LogP contribution in [-0.2, 0) is 4.79 Å². The smallest absolute Gasteiger partial charge is 0.284 e. The minimum Gasteiger partial charge on any atom is -0.507 e. The molecule has 0 saturated heterocycles. The van der Waals surface area contributed by atoms with E-state index < -0.39 is 0 Å². The van der Waals surface area contributed by atoms with Crippen molar-refractivity contribution in [1.29, 1.82) is 0 Å². The second-order valence-corrected chi connectivity index (χ2v) is 5.65. The number of aromatic nitrogens is 2. The van der Waals surface area contributed by atoms with Crippen LogP contribution in [0.4, 0.5) is 5.13 Å². The van der Waals surface area contributed by atoms with Gasteiger partial charge >= 0.3 is 0 Å². The van der Waals surface area contributed by atoms with Crippen LogP contribution in [0.2, 0.25) is 0 Å². The molecule has 0 bridgehead atoms. The van der Waals surface area contributed by atoms with E-state index in [2.05, 4.69) is 15.2 Å². The molecule has 2 heterocycles. The van der Waals surface area contributed by atoms with Crippen molar-refractivity contribution >= 4 is 34.3 Å². The summed E-state index contributed by atoms with van der Waals surface area (Å²) in [6.07, 6.45) is 1.56. The molecular formula is C14H12N4O2S. The Morgan fingerprint density at radius 1 is 1.24 bits per heavy atom. The Labute approximate surface area is 125 Å². The summed E-state index contributed by atoms with van der Waals surface area (Å²) >= 11 is 1.33. The van der Waals surface area contributed by atoms with Crippen LogP contribution in [-0.4, -0.2) is 27.0 Å². The van der Waals surface area contributed by atoms with E-state index in [4.69, 9.17) is 0 Å². The predicted octanol–water partition coefficient (Wildman–Crippen LogP) is 2.36. The molecule has 1 N–H and O–H groups in total. The van der Waals surface area contributed by atoms with E-state index in [9.17, 15) is 9.90 Å². The zero-order valence-electron chi connectivity index (χ0n) is 11.4. The molecule has 0 radical (unpaired) electrons. The first kappa shape index (κ1) is 13.4. The number of amides is 1. The van der Waals surface area contributed by atoms with E-state index in [1.54, 1.807) is 37.3 Å². The Morgan fingerprint density at radius 3 is 2.67 bits per heavy atom. The molecule has 1 aliphatic rings. The fraction of sp³-hybridized carbons (Fsp3) is 0.143. The number of aryl methyl sites for hydroxylation is 1. The maximum absolute atomic E-state index is 12.4. The zero-order chi connectivity index (χ0) is 15.0. The number of carbonyl (C=O) groups excluding carboxylic acids is 1. The topological polar surface area (TPSA) is 78.7 Å². The lowest BCUT2D eigenvalue weighted by Crippen LogP contribution is -2.30. The Bertz CT molecular complexity index is 779. The quantitative estimate of drug-likeness (QED) is 0.864. The maximum atomic E-state index is 12.4. The molecule has 7 heteroatoms. The Hall–Kier alpha value is -2.54. The molecule has 0 aliphatic carbocycles. The minimum atomic E-state index is -0.271. The Kier molecular flexibility index (Phi) is 3.26. The van der Waals surface area contributed by atoms with Crippen molar-refractivity contribution in [1.82, 2.24) is 10.2 Å². The molecule has 0 spiro atoms. The number of nitrogens with zero attached hydrogens (tertiary/aromatic N) is 4. The standard InChI is InChI=1S/C14H12N4O2S/c1-8-15-11(7-10-5-3-4-6-12(10)19)13(20)18(8)14-17-16-9(2)21-14/h3-7,19H,1-2H3/b11-7-. The SMILES string of the molecule is CC1=N/C(=C\c2ccccc2O)C(=O)N1c1nnc(C)s1. The van der Waals surface area contributed by atoms with Crippen molar-refractivity contribution in [3.8, 4) is 5.75 Å². The molecule has 106 valence electrons. The van der Waals surface area contributed by atoms with Gasteiger partial charge in [-0.05, 0) is 26.0 Å². The van der Waals surface area contributed by atoms with Gasteiger partial charge in [-0.25, -0.2) is 9.89 Å². The van der Waals surface area contributed by atoms with Gasteiger partial charge in [0.15, 0.2) is 0 Å². The number of hydrogen-bond acceptors (Lipinski definition) is 6. The number of carbonyl (C=O) groups is 1. The number of benzene rings is 1. The fourth-order valence-electron chi connectivity index (χ4n) is 1.99. The summed E-state index contributed by atoms with van der Waals surface area (Å²) in [6, 6.07) is 6.79. The van der Waals surface area contributed by atoms with E-state index in [-0.39, 0.29) is 17.4 Å². The van der Waals surface area contributed by atoms with Gasteiger partial charge in [0.25, 0.3) is 5.91 Å². The second-order valence-electron chi connectivity index (χ2n) is 4.49. The molecule has 21 heavy (non-hydrogen) atoms. The number of aliphatic imine (C=N–C) groups is 1. The first-order valence-corrected chi connectivity index (χ1v) is 7.07. The molecule has 0 unspecified atom stereocenters. The molecule has 1 aliphatic heterocycles. The number of rotatable bonds is 2. The molecule has 0 fully saturated rings. The summed E-state index contributed by atoms with van der Waals surface area (Å²) in [6.45, 7) is 3.56. The van der Waals surface area contributed by atoms with Crippen molar-refractivity contribution in [2.24, 2.45) is 4.99 Å². The molecular weight excluding hydrogens is 288 g/mol. The molecule has 1 aromatic carbocycles. The van der Waals surface area contributed by atoms with E-state index >= 15 is 0 Å². The molecule has 1 amide bonds. The van der Waals surface area contributed by atoms with Gasteiger partial charge in [0.2, 0.25) is 5.13 Å². The average molecular weight is 300 g/mol. The lowest BCUT2D eigenvalue weighted by atomic mass is 10.1. The van der Waals surface area contributed by atoms with Crippen molar-refractivity contribution in [3.63, 3.8) is 0 Å². The lowest BCUT2D eigenvalue weighted by Gasteiger charge is -2.10. The molecule has 1 aromatic heterocycles. The van der Waals surface area contributed by atoms with Gasteiger partial charge in [-0.2, -0.15) is 0 Å². The third-order valence-electron chi connectivity index (χ3n) is 2.96. The van der Waals surface area contributed by atoms with Crippen molar-refractivity contribution in [2.75, 3.05) is 4.90 Å². The van der Waals surface area contributed by atoms with Crippen molar-refractivity contribution < 1.29 is 9.90 Å². The predicted molar refractivity (Wildman–Crippen MR) is 81.3 cm³/mol. The van der Waals surface area contributed by atoms with Gasteiger partial charge < -0.3 is 5.11 Å². The number of para-hydroxylation sites is 1. The van der Waals surface area contributed by atoms with Gasteiger partial charge in [0.05, 0.1) is 0 Å². The van der Waals surface area contributed by atoms with E-state index in [0.717, 1.165) is 5.01 Å². The summed E-state index contributed by atoms with van der Waals surface area (Å²) in [5.74, 6) is 0.376. The molecule has 0 saturated carbocycles. The first-order valence-electron chi connectivity index (χ1n) is 6.26. The van der Waals surface area contributed by atoms with Gasteiger partial charge in [-0.3, -0.25) is 4.79 Å². The molecule has 3 rings (SSSR count). The summed E-state index contributed by atoms with van der Waals surface area (Å²) in [5.41, 5.74) is 0.814.